The highest BCUT2D eigenvalue weighted by molar-refractivity contribution is 5.35. The number of methoxy groups -OCH3 is 1. The number of ether oxygens (including phenoxy) is 2. The Labute approximate surface area is 101 Å². The highest BCUT2D eigenvalue weighted by atomic mass is 16.7. The van der Waals surface area contributed by atoms with E-state index in [1.807, 2.05) is 24.3 Å². The van der Waals surface area contributed by atoms with Gasteiger partial charge in [0.25, 0.3) is 0 Å². The van der Waals surface area contributed by atoms with Crippen molar-refractivity contribution < 1.29 is 9.47 Å². The zero-order valence-corrected chi connectivity index (χ0v) is 9.85. The summed E-state index contributed by atoms with van der Waals surface area (Å²) >= 11 is 0. The standard InChI is InChI=1S/C13H16N2O2/c1-16-9-17-12-5-6-15-13(12)11-4-2-3-10(7-11)8-14/h2-4,7,12-13,15H,5-6,9H2,1H3/t12-,13-/m1/s1. The summed E-state index contributed by atoms with van der Waals surface area (Å²) in [5.41, 5.74) is 1.78. The molecule has 1 saturated heterocycles. The van der Waals surface area contributed by atoms with Crippen molar-refractivity contribution in [2.75, 3.05) is 20.4 Å². The van der Waals surface area contributed by atoms with Gasteiger partial charge in [0.05, 0.1) is 23.8 Å². The molecule has 0 bridgehead atoms. The summed E-state index contributed by atoms with van der Waals surface area (Å²) in [6.45, 7) is 1.23. The third-order valence-corrected chi connectivity index (χ3v) is 2.94. The summed E-state index contributed by atoms with van der Waals surface area (Å²) in [7, 11) is 1.62. The number of nitrogens with zero attached hydrogens (tertiary/aromatic N) is 1. The van der Waals surface area contributed by atoms with Gasteiger partial charge in [-0.3, -0.25) is 0 Å². The van der Waals surface area contributed by atoms with E-state index in [-0.39, 0.29) is 12.1 Å². The summed E-state index contributed by atoms with van der Waals surface area (Å²) in [5.74, 6) is 0. The number of hydrogen-bond donors (Lipinski definition) is 1. The molecule has 0 aliphatic carbocycles. The molecule has 1 heterocycles. The van der Waals surface area contributed by atoms with Crippen LogP contribution in [0.5, 0.6) is 0 Å². The van der Waals surface area contributed by atoms with Gasteiger partial charge in [-0.2, -0.15) is 5.26 Å². The molecule has 1 aromatic carbocycles. The van der Waals surface area contributed by atoms with Gasteiger partial charge in [-0.1, -0.05) is 12.1 Å². The Morgan fingerprint density at radius 3 is 3.18 bits per heavy atom. The molecule has 1 aliphatic rings. The van der Waals surface area contributed by atoms with Crippen LogP contribution in [0.3, 0.4) is 0 Å². The van der Waals surface area contributed by atoms with Gasteiger partial charge in [-0.05, 0) is 30.7 Å². The van der Waals surface area contributed by atoms with Crippen LogP contribution in [-0.2, 0) is 9.47 Å². The molecule has 1 fully saturated rings. The number of benzene rings is 1. The lowest BCUT2D eigenvalue weighted by Gasteiger charge is -2.20. The van der Waals surface area contributed by atoms with E-state index in [0.29, 0.717) is 12.4 Å². The molecule has 17 heavy (non-hydrogen) atoms. The average molecular weight is 232 g/mol. The Kier molecular flexibility index (Phi) is 4.10. The van der Waals surface area contributed by atoms with Crippen molar-refractivity contribution in [1.82, 2.24) is 5.32 Å². The summed E-state index contributed by atoms with van der Waals surface area (Å²) in [4.78, 5) is 0. The second-order valence-electron chi connectivity index (χ2n) is 4.07. The minimum Gasteiger partial charge on any atom is -0.359 e. The number of rotatable bonds is 4. The quantitative estimate of drug-likeness (QED) is 0.801. The first-order chi connectivity index (χ1) is 8.35. The van der Waals surface area contributed by atoms with Gasteiger partial charge in [-0.15, -0.1) is 0 Å². The monoisotopic (exact) mass is 232 g/mol. The molecule has 1 N–H and O–H groups in total. The fraction of sp³-hybridized carbons (Fsp3) is 0.462. The lowest BCUT2D eigenvalue weighted by molar-refractivity contribution is -0.0749. The maximum Gasteiger partial charge on any atom is 0.146 e. The first kappa shape index (κ1) is 12.1. The number of nitriles is 1. The van der Waals surface area contributed by atoms with Crippen molar-refractivity contribution in [3.8, 4) is 6.07 Å². The van der Waals surface area contributed by atoms with E-state index in [0.717, 1.165) is 18.5 Å². The Balaban J connectivity index is 2.12. The second-order valence-corrected chi connectivity index (χ2v) is 4.07. The zero-order chi connectivity index (χ0) is 12.1. The summed E-state index contributed by atoms with van der Waals surface area (Å²) in [6, 6.07) is 9.95. The Morgan fingerprint density at radius 2 is 2.41 bits per heavy atom. The van der Waals surface area contributed by atoms with E-state index in [4.69, 9.17) is 14.7 Å². The van der Waals surface area contributed by atoms with Crippen molar-refractivity contribution in [2.45, 2.75) is 18.6 Å². The van der Waals surface area contributed by atoms with Gasteiger partial charge in [0.15, 0.2) is 0 Å². The third kappa shape index (κ3) is 2.83. The molecule has 2 rings (SSSR count). The van der Waals surface area contributed by atoms with Gasteiger partial charge in [0.2, 0.25) is 0 Å². The molecule has 4 heteroatoms. The van der Waals surface area contributed by atoms with E-state index in [1.165, 1.54) is 0 Å². The van der Waals surface area contributed by atoms with Crippen LogP contribution in [0.25, 0.3) is 0 Å². The maximum atomic E-state index is 8.89. The summed E-state index contributed by atoms with van der Waals surface area (Å²) in [6.07, 6.45) is 1.08. The van der Waals surface area contributed by atoms with Crippen LogP contribution in [0, 0.1) is 11.3 Å². The highest BCUT2D eigenvalue weighted by Crippen LogP contribution is 2.26. The molecule has 4 nitrogen and oxygen atoms in total. The van der Waals surface area contributed by atoms with Gasteiger partial charge >= 0.3 is 0 Å². The lowest BCUT2D eigenvalue weighted by Crippen LogP contribution is -2.24. The molecule has 0 saturated carbocycles. The normalized spacial score (nSPS) is 23.5. The number of nitrogens with one attached hydrogen (secondary N) is 1. The summed E-state index contributed by atoms with van der Waals surface area (Å²) < 4.78 is 10.6. The fourth-order valence-corrected chi connectivity index (χ4v) is 2.15. The van der Waals surface area contributed by atoms with Crippen LogP contribution in [-0.4, -0.2) is 26.6 Å². The van der Waals surface area contributed by atoms with Crippen LogP contribution < -0.4 is 5.32 Å². The van der Waals surface area contributed by atoms with Crippen molar-refractivity contribution in [1.29, 1.82) is 5.26 Å². The molecule has 90 valence electrons. The Bertz CT molecular complexity index is 414. The Hall–Kier alpha value is -1.41. The van der Waals surface area contributed by atoms with Gasteiger partial charge in [0, 0.05) is 7.11 Å². The second kappa shape index (κ2) is 5.78. The molecule has 0 amide bonds. The minimum atomic E-state index is 0.115. The predicted molar refractivity (Wildman–Crippen MR) is 63.3 cm³/mol. The Morgan fingerprint density at radius 1 is 1.53 bits per heavy atom. The topological polar surface area (TPSA) is 54.3 Å². The van der Waals surface area contributed by atoms with Crippen molar-refractivity contribution in [3.05, 3.63) is 35.4 Å². The van der Waals surface area contributed by atoms with E-state index in [9.17, 15) is 0 Å². The van der Waals surface area contributed by atoms with Gasteiger partial charge < -0.3 is 14.8 Å². The van der Waals surface area contributed by atoms with Crippen LogP contribution in [0.1, 0.15) is 23.6 Å². The molecule has 0 radical (unpaired) electrons. The van der Waals surface area contributed by atoms with E-state index in [1.54, 1.807) is 7.11 Å². The molecule has 1 aromatic rings. The van der Waals surface area contributed by atoms with E-state index < -0.39 is 0 Å². The van der Waals surface area contributed by atoms with Crippen molar-refractivity contribution in [3.63, 3.8) is 0 Å². The average Bonchev–Trinajstić information content (AvgIpc) is 2.84. The molecule has 2 atom stereocenters. The van der Waals surface area contributed by atoms with Gasteiger partial charge in [0.1, 0.15) is 6.79 Å². The smallest absolute Gasteiger partial charge is 0.146 e. The predicted octanol–water partition coefficient (Wildman–Crippen LogP) is 1.58. The molecule has 0 spiro atoms. The first-order valence-corrected chi connectivity index (χ1v) is 5.69. The summed E-state index contributed by atoms with van der Waals surface area (Å²) in [5, 5.41) is 12.3. The molecule has 0 aromatic heterocycles. The van der Waals surface area contributed by atoms with E-state index >= 15 is 0 Å². The van der Waals surface area contributed by atoms with Crippen LogP contribution in [0.2, 0.25) is 0 Å². The fourth-order valence-electron chi connectivity index (χ4n) is 2.15. The molecule has 1 aliphatic heterocycles. The van der Waals surface area contributed by atoms with E-state index in [2.05, 4.69) is 11.4 Å². The van der Waals surface area contributed by atoms with Crippen LogP contribution in [0.4, 0.5) is 0 Å². The number of hydrogen-bond acceptors (Lipinski definition) is 4. The zero-order valence-electron chi connectivity index (χ0n) is 9.85. The first-order valence-electron chi connectivity index (χ1n) is 5.69. The highest BCUT2D eigenvalue weighted by Gasteiger charge is 2.28. The lowest BCUT2D eigenvalue weighted by atomic mass is 10.0. The third-order valence-electron chi connectivity index (χ3n) is 2.94. The van der Waals surface area contributed by atoms with Crippen LogP contribution >= 0.6 is 0 Å². The minimum absolute atomic E-state index is 0.115. The molecule has 0 unspecified atom stereocenters. The van der Waals surface area contributed by atoms with Crippen LogP contribution in [0.15, 0.2) is 24.3 Å². The van der Waals surface area contributed by atoms with Gasteiger partial charge in [-0.25, -0.2) is 0 Å². The van der Waals surface area contributed by atoms with Crippen molar-refractivity contribution >= 4 is 0 Å². The molecular formula is C13H16N2O2. The SMILES string of the molecule is COCO[C@@H]1CCN[C@@H]1c1cccc(C#N)c1. The largest absolute Gasteiger partial charge is 0.359 e. The maximum absolute atomic E-state index is 8.89. The van der Waals surface area contributed by atoms with Crippen molar-refractivity contribution in [2.24, 2.45) is 0 Å². The molecular weight excluding hydrogens is 216 g/mol.